The molecule has 4 aromatic carbocycles. The summed E-state index contributed by atoms with van der Waals surface area (Å²) in [6.45, 7) is 24.9. The molecule has 10 rings (SSSR count). The maximum Gasteiger partial charge on any atom is 0.139 e. The van der Waals surface area contributed by atoms with Crippen LogP contribution in [0.25, 0.3) is 44.2 Å². The van der Waals surface area contributed by atoms with Crippen molar-refractivity contribution in [2.75, 3.05) is 0 Å². The molecule has 5 aliphatic carbocycles. The Hall–Kier alpha value is -3.32. The molecule has 0 bridgehead atoms. The molecule has 288 valence electrons. The highest BCUT2D eigenvalue weighted by atomic mass is 16.3. The van der Waals surface area contributed by atoms with Crippen LogP contribution < -0.4 is 0 Å². The summed E-state index contributed by atoms with van der Waals surface area (Å²) in [5, 5.41) is 4.40. The molecule has 0 radical (unpaired) electrons. The van der Waals surface area contributed by atoms with Gasteiger partial charge in [0.05, 0.1) is 0 Å². The Bertz CT molecular complexity index is 2350. The molecule has 0 amide bonds. The second-order valence-corrected chi connectivity index (χ2v) is 20.9. The average Bonchev–Trinajstić information content (AvgIpc) is 3.75. The number of hydrogen-bond donors (Lipinski definition) is 0. The van der Waals surface area contributed by atoms with Crippen molar-refractivity contribution in [1.82, 2.24) is 0 Å². The first-order valence-corrected chi connectivity index (χ1v) is 22.6. The molecule has 1 aromatic heterocycles. The summed E-state index contributed by atoms with van der Waals surface area (Å²) in [4.78, 5) is 0. The molecule has 3 saturated carbocycles. The van der Waals surface area contributed by atoms with Gasteiger partial charge in [-0.15, -0.1) is 0 Å². The molecule has 55 heavy (non-hydrogen) atoms. The summed E-state index contributed by atoms with van der Waals surface area (Å²) < 4.78 is 6.98. The summed E-state index contributed by atoms with van der Waals surface area (Å²) in [6.07, 6.45) is 14.2. The van der Waals surface area contributed by atoms with Gasteiger partial charge >= 0.3 is 0 Å². The highest BCUT2D eigenvalue weighted by Gasteiger charge is 2.65. The van der Waals surface area contributed by atoms with Crippen LogP contribution in [-0.2, 0) is 10.8 Å². The van der Waals surface area contributed by atoms with Gasteiger partial charge in [0.25, 0.3) is 0 Å². The van der Waals surface area contributed by atoms with Crippen molar-refractivity contribution >= 4 is 21.7 Å². The molecule has 5 aromatic rings. The van der Waals surface area contributed by atoms with E-state index in [2.05, 4.69) is 118 Å². The third-order valence-electron chi connectivity index (χ3n) is 16.7. The fourth-order valence-electron chi connectivity index (χ4n) is 15.0. The van der Waals surface area contributed by atoms with Crippen molar-refractivity contribution in [3.63, 3.8) is 0 Å². The monoisotopic (exact) mass is 731 g/mol. The number of hydrogen-bond acceptors (Lipinski definition) is 1. The lowest BCUT2D eigenvalue weighted by molar-refractivity contribution is 0.0857. The van der Waals surface area contributed by atoms with E-state index in [1.54, 1.807) is 27.6 Å². The van der Waals surface area contributed by atoms with Crippen LogP contribution >= 0.6 is 0 Å². The lowest BCUT2D eigenvalue weighted by atomic mass is 9.53. The van der Waals surface area contributed by atoms with Crippen molar-refractivity contribution in [2.45, 2.75) is 156 Å². The zero-order valence-corrected chi connectivity index (χ0v) is 35.7. The van der Waals surface area contributed by atoms with Gasteiger partial charge in [-0.2, -0.15) is 0 Å². The third kappa shape index (κ3) is 4.89. The quantitative estimate of drug-likeness (QED) is 0.179. The summed E-state index contributed by atoms with van der Waals surface area (Å²) in [5.74, 6) is 6.53. The minimum atomic E-state index is -0.188. The van der Waals surface area contributed by atoms with Crippen molar-refractivity contribution < 1.29 is 4.42 Å². The molecule has 1 heteroatoms. The summed E-state index contributed by atoms with van der Waals surface area (Å²) in [5.41, 5.74) is 17.4. The molecular formula is C54H66O. The van der Waals surface area contributed by atoms with Gasteiger partial charge in [0.2, 0.25) is 0 Å². The molecule has 1 nitrogen and oxygen atoms in total. The van der Waals surface area contributed by atoms with Gasteiger partial charge < -0.3 is 4.42 Å². The molecule has 5 atom stereocenters. The first-order valence-electron chi connectivity index (χ1n) is 22.6. The van der Waals surface area contributed by atoms with E-state index in [1.807, 2.05) is 0 Å². The first kappa shape index (κ1) is 36.0. The summed E-state index contributed by atoms with van der Waals surface area (Å²) in [6, 6.07) is 19.9. The normalized spacial score (nSPS) is 27.5. The Balaban J connectivity index is 1.34. The molecule has 5 aliphatic rings. The first-order chi connectivity index (χ1) is 26.3. The van der Waals surface area contributed by atoms with Gasteiger partial charge in [0.1, 0.15) is 11.3 Å². The van der Waals surface area contributed by atoms with E-state index >= 15 is 0 Å². The Labute approximate surface area is 332 Å². The maximum absolute atomic E-state index is 6.98. The van der Waals surface area contributed by atoms with Crippen LogP contribution in [-0.4, -0.2) is 0 Å². The van der Waals surface area contributed by atoms with Gasteiger partial charge in [-0.1, -0.05) is 155 Å². The zero-order valence-electron chi connectivity index (χ0n) is 35.7. The van der Waals surface area contributed by atoms with E-state index in [9.17, 15) is 0 Å². The van der Waals surface area contributed by atoms with E-state index in [4.69, 9.17) is 4.42 Å². The molecule has 5 unspecified atom stereocenters. The fourth-order valence-corrected chi connectivity index (χ4v) is 15.0. The van der Waals surface area contributed by atoms with Crippen molar-refractivity contribution in [3.05, 3.63) is 93.0 Å². The summed E-state index contributed by atoms with van der Waals surface area (Å²) in [7, 11) is 0. The zero-order chi connectivity index (χ0) is 38.3. The predicted octanol–water partition coefficient (Wildman–Crippen LogP) is 15.6. The molecular weight excluding hydrogens is 665 g/mol. The molecule has 0 N–H and O–H groups in total. The Morgan fingerprint density at radius 2 is 1.33 bits per heavy atom. The second-order valence-electron chi connectivity index (χ2n) is 20.9. The Morgan fingerprint density at radius 3 is 2.00 bits per heavy atom. The second kappa shape index (κ2) is 12.6. The maximum atomic E-state index is 6.98. The predicted molar refractivity (Wildman–Crippen MR) is 234 cm³/mol. The van der Waals surface area contributed by atoms with Crippen LogP contribution in [0.1, 0.15) is 169 Å². The lowest BCUT2D eigenvalue weighted by Gasteiger charge is -2.50. The SMILES string of the molecule is Cc1cc(C)c2c(C)cc3c(c2c1)C1(C)C(c2ccc4c(c2-3)C(C)(C)c2c-4oc3ccc(C(C)C)cc23)C(C2CCCCC2)C(C(C)C)C1C1CCCCC1. The number of rotatable bonds is 4. The number of benzene rings is 4. The van der Waals surface area contributed by atoms with Crippen molar-refractivity contribution in [1.29, 1.82) is 0 Å². The Kier molecular flexibility index (Phi) is 8.25. The van der Waals surface area contributed by atoms with E-state index < -0.39 is 0 Å². The molecule has 3 fully saturated rings. The topological polar surface area (TPSA) is 13.1 Å². The van der Waals surface area contributed by atoms with Crippen LogP contribution in [0.5, 0.6) is 0 Å². The highest BCUT2D eigenvalue weighted by molar-refractivity contribution is 6.03. The van der Waals surface area contributed by atoms with E-state index in [0.29, 0.717) is 29.6 Å². The van der Waals surface area contributed by atoms with Gasteiger partial charge in [0.15, 0.2) is 0 Å². The van der Waals surface area contributed by atoms with Crippen LogP contribution in [0.3, 0.4) is 0 Å². The number of aryl methyl sites for hydroxylation is 3. The van der Waals surface area contributed by atoms with Crippen molar-refractivity contribution in [3.8, 4) is 22.5 Å². The van der Waals surface area contributed by atoms with Gasteiger partial charge in [-0.25, -0.2) is 0 Å². The fraction of sp³-hybridized carbons (Fsp3) is 0.556. The van der Waals surface area contributed by atoms with Crippen LogP contribution in [0, 0.1) is 56.3 Å². The molecule has 0 spiro atoms. The highest BCUT2D eigenvalue weighted by Crippen LogP contribution is 2.73. The van der Waals surface area contributed by atoms with Gasteiger partial charge in [-0.3, -0.25) is 0 Å². The summed E-state index contributed by atoms with van der Waals surface area (Å²) >= 11 is 0. The molecule has 0 saturated heterocycles. The van der Waals surface area contributed by atoms with E-state index in [1.165, 1.54) is 114 Å². The molecule has 0 aliphatic heterocycles. The van der Waals surface area contributed by atoms with Gasteiger partial charge in [-0.05, 0) is 136 Å². The van der Waals surface area contributed by atoms with Crippen LogP contribution in [0.2, 0.25) is 0 Å². The van der Waals surface area contributed by atoms with Crippen LogP contribution in [0.4, 0.5) is 0 Å². The van der Waals surface area contributed by atoms with E-state index in [0.717, 1.165) is 29.1 Å². The largest absolute Gasteiger partial charge is 0.456 e. The standard InChI is InChI=1S/C54H66O/c1-29(2)36-21-24-42-39(28-36)51-52(55-42)38-23-22-37-46(49(38)53(51,8)9)41-27-33(7)44-32(6)25-31(5)26-40(44)48(41)54(10)47(35-19-15-12-16-20-35)43(30(3)4)45(50(37)54)34-17-13-11-14-18-34/h21-30,34-35,43,45,47,50H,11-20H2,1-10H3. The minimum Gasteiger partial charge on any atom is -0.456 e. The number of furan rings is 1. The van der Waals surface area contributed by atoms with Gasteiger partial charge in [0, 0.05) is 27.3 Å². The lowest BCUT2D eigenvalue weighted by Crippen LogP contribution is -2.42. The third-order valence-corrected chi connectivity index (χ3v) is 16.7. The van der Waals surface area contributed by atoms with E-state index in [-0.39, 0.29) is 10.8 Å². The minimum absolute atomic E-state index is 0.0655. The Morgan fingerprint density at radius 1 is 0.655 bits per heavy atom. The number of fused-ring (bicyclic) bond motifs is 14. The average molecular weight is 731 g/mol. The smallest absolute Gasteiger partial charge is 0.139 e. The van der Waals surface area contributed by atoms with Crippen LogP contribution in [0.15, 0.2) is 52.9 Å². The van der Waals surface area contributed by atoms with Crippen molar-refractivity contribution in [2.24, 2.45) is 35.5 Å². The molecule has 1 heterocycles.